The van der Waals surface area contributed by atoms with Gasteiger partial charge in [-0.15, -0.1) is 0 Å². The summed E-state index contributed by atoms with van der Waals surface area (Å²) in [5.74, 6) is 0. The molecule has 0 unspecified atom stereocenters. The molecule has 1 aliphatic rings. The zero-order valence-electron chi connectivity index (χ0n) is 17.6. The number of piperazine rings is 1. The SMILES string of the molecule is CCO[Si](CCN1CCN([Si](CC)(CC)CC)CC1)(OCC)OCC. The first kappa shape index (κ1) is 23.3. The number of hydrogen-bond donors (Lipinski definition) is 0. The maximum atomic E-state index is 5.99. The monoisotopic (exact) mass is 390 g/mol. The first-order chi connectivity index (χ1) is 12.0. The summed E-state index contributed by atoms with van der Waals surface area (Å²) in [6.45, 7) is 21.1. The van der Waals surface area contributed by atoms with Gasteiger partial charge in [-0.3, -0.25) is 0 Å². The summed E-state index contributed by atoms with van der Waals surface area (Å²) in [5.41, 5.74) is 0. The molecule has 0 amide bonds. The highest BCUT2D eigenvalue weighted by Gasteiger charge is 2.41. The van der Waals surface area contributed by atoms with E-state index >= 15 is 0 Å². The van der Waals surface area contributed by atoms with Crippen molar-refractivity contribution in [3.8, 4) is 0 Å². The Morgan fingerprint density at radius 2 is 1.12 bits per heavy atom. The molecule has 0 aliphatic carbocycles. The van der Waals surface area contributed by atoms with Gasteiger partial charge in [-0.05, 0) is 38.9 Å². The van der Waals surface area contributed by atoms with Crippen molar-refractivity contribution in [2.45, 2.75) is 65.7 Å². The molecule has 150 valence electrons. The van der Waals surface area contributed by atoms with Crippen molar-refractivity contribution in [2.24, 2.45) is 0 Å². The van der Waals surface area contributed by atoms with E-state index in [-0.39, 0.29) is 0 Å². The molecule has 0 atom stereocenters. The quantitative estimate of drug-likeness (QED) is 0.448. The van der Waals surface area contributed by atoms with E-state index in [1.54, 1.807) is 0 Å². The second-order valence-corrected chi connectivity index (χ2v) is 14.8. The van der Waals surface area contributed by atoms with Crippen molar-refractivity contribution < 1.29 is 13.3 Å². The van der Waals surface area contributed by atoms with Crippen molar-refractivity contribution in [3.05, 3.63) is 0 Å². The van der Waals surface area contributed by atoms with Crippen molar-refractivity contribution in [3.63, 3.8) is 0 Å². The van der Waals surface area contributed by atoms with E-state index < -0.39 is 17.0 Å². The van der Waals surface area contributed by atoms with E-state index in [9.17, 15) is 0 Å². The first-order valence-corrected chi connectivity index (χ1v) is 14.9. The van der Waals surface area contributed by atoms with Gasteiger partial charge in [0.1, 0.15) is 8.24 Å². The average Bonchev–Trinajstić information content (AvgIpc) is 2.64. The van der Waals surface area contributed by atoms with Gasteiger partial charge in [-0.1, -0.05) is 20.8 Å². The van der Waals surface area contributed by atoms with E-state index in [2.05, 4.69) is 30.2 Å². The van der Waals surface area contributed by atoms with E-state index in [1.807, 2.05) is 20.8 Å². The van der Waals surface area contributed by atoms with Crippen molar-refractivity contribution in [1.82, 2.24) is 9.47 Å². The number of hydrogen-bond acceptors (Lipinski definition) is 5. The fourth-order valence-corrected chi connectivity index (χ4v) is 10.7. The molecule has 1 saturated heterocycles. The van der Waals surface area contributed by atoms with Gasteiger partial charge in [0.2, 0.25) is 0 Å². The van der Waals surface area contributed by atoms with Gasteiger partial charge in [0.05, 0.1) is 0 Å². The zero-order valence-corrected chi connectivity index (χ0v) is 19.6. The molecular formula is C18H42N2O3Si2. The van der Waals surface area contributed by atoms with Gasteiger partial charge in [0, 0.05) is 58.6 Å². The maximum Gasteiger partial charge on any atom is 0.502 e. The number of nitrogens with zero attached hydrogens (tertiary/aromatic N) is 2. The molecule has 7 heteroatoms. The van der Waals surface area contributed by atoms with Crippen LogP contribution in [0.4, 0.5) is 0 Å². The minimum absolute atomic E-state index is 0.664. The van der Waals surface area contributed by atoms with Crippen LogP contribution in [0.15, 0.2) is 0 Å². The Morgan fingerprint density at radius 1 is 0.680 bits per heavy atom. The van der Waals surface area contributed by atoms with Crippen LogP contribution in [-0.4, -0.2) is 79.0 Å². The van der Waals surface area contributed by atoms with Crippen LogP contribution in [0.25, 0.3) is 0 Å². The second kappa shape index (κ2) is 11.8. The predicted molar refractivity (Wildman–Crippen MR) is 111 cm³/mol. The lowest BCUT2D eigenvalue weighted by Gasteiger charge is -2.46. The van der Waals surface area contributed by atoms with Crippen LogP contribution in [0.2, 0.25) is 24.2 Å². The van der Waals surface area contributed by atoms with Crippen LogP contribution in [-0.2, 0) is 13.3 Å². The molecule has 0 spiro atoms. The van der Waals surface area contributed by atoms with Gasteiger partial charge in [0.25, 0.3) is 0 Å². The Balaban J connectivity index is 2.57. The molecule has 0 saturated carbocycles. The first-order valence-electron chi connectivity index (χ1n) is 10.4. The molecule has 1 fully saturated rings. The summed E-state index contributed by atoms with van der Waals surface area (Å²) in [5, 5.41) is 0. The molecule has 1 rings (SSSR count). The van der Waals surface area contributed by atoms with E-state index in [4.69, 9.17) is 13.3 Å². The van der Waals surface area contributed by atoms with Crippen LogP contribution >= 0.6 is 0 Å². The largest absolute Gasteiger partial charge is 0.502 e. The van der Waals surface area contributed by atoms with Crippen LogP contribution < -0.4 is 0 Å². The fourth-order valence-electron chi connectivity index (χ4n) is 4.16. The van der Waals surface area contributed by atoms with Crippen molar-refractivity contribution in [2.75, 3.05) is 52.5 Å². The fraction of sp³-hybridized carbons (Fsp3) is 1.00. The van der Waals surface area contributed by atoms with Gasteiger partial charge >= 0.3 is 8.80 Å². The summed E-state index contributed by atoms with van der Waals surface area (Å²) in [6, 6.07) is 5.06. The Labute approximate surface area is 158 Å². The summed E-state index contributed by atoms with van der Waals surface area (Å²) in [4.78, 5) is 2.58. The van der Waals surface area contributed by atoms with Crippen molar-refractivity contribution in [1.29, 1.82) is 0 Å². The standard InChI is InChI=1S/C18H42N2O3Si2/c1-7-21-25(22-8-2,23-9-3)18-17-19-13-15-20(16-14-19)24(10-4,11-5)12-6/h7-18H2,1-6H3. The average molecular weight is 391 g/mol. The molecule has 0 radical (unpaired) electrons. The Bertz CT molecular complexity index is 324. The Hall–Kier alpha value is 0.234. The zero-order chi connectivity index (χ0) is 18.8. The topological polar surface area (TPSA) is 34.2 Å². The maximum absolute atomic E-state index is 5.99. The summed E-state index contributed by atoms with van der Waals surface area (Å²) in [6.07, 6.45) is 0. The minimum atomic E-state index is -2.50. The normalized spacial score (nSPS) is 18.0. The lowest BCUT2D eigenvalue weighted by Crippen LogP contribution is -2.60. The van der Waals surface area contributed by atoms with Crippen LogP contribution in [0.1, 0.15) is 41.5 Å². The molecule has 0 N–H and O–H groups in total. The summed E-state index contributed by atoms with van der Waals surface area (Å²) >= 11 is 0. The van der Waals surface area contributed by atoms with E-state index in [0.717, 1.165) is 12.6 Å². The van der Waals surface area contributed by atoms with Gasteiger partial charge in [0.15, 0.2) is 0 Å². The van der Waals surface area contributed by atoms with Crippen LogP contribution in [0.3, 0.4) is 0 Å². The highest BCUT2D eigenvalue weighted by molar-refractivity contribution is 6.77. The molecule has 0 aromatic carbocycles. The molecular weight excluding hydrogens is 348 g/mol. The lowest BCUT2D eigenvalue weighted by atomic mass is 10.4. The Morgan fingerprint density at radius 3 is 1.48 bits per heavy atom. The molecule has 1 aliphatic heterocycles. The van der Waals surface area contributed by atoms with Gasteiger partial charge < -0.3 is 22.7 Å². The molecule has 0 bridgehead atoms. The third-order valence-electron chi connectivity index (χ3n) is 5.84. The second-order valence-electron chi connectivity index (χ2n) is 6.85. The van der Waals surface area contributed by atoms with E-state index in [0.29, 0.717) is 19.8 Å². The lowest BCUT2D eigenvalue weighted by molar-refractivity contribution is 0.0664. The van der Waals surface area contributed by atoms with Crippen LogP contribution in [0, 0.1) is 0 Å². The van der Waals surface area contributed by atoms with E-state index in [1.165, 1.54) is 44.3 Å². The minimum Gasteiger partial charge on any atom is -0.374 e. The summed E-state index contributed by atoms with van der Waals surface area (Å²) in [7, 11) is -3.70. The third-order valence-corrected chi connectivity index (χ3v) is 14.6. The Kier molecular flexibility index (Phi) is 11.0. The highest BCUT2D eigenvalue weighted by Crippen LogP contribution is 2.26. The third kappa shape index (κ3) is 6.41. The van der Waals surface area contributed by atoms with Crippen molar-refractivity contribution >= 4 is 17.0 Å². The molecule has 1 heterocycles. The van der Waals surface area contributed by atoms with Gasteiger partial charge in [-0.2, -0.15) is 0 Å². The molecule has 5 nitrogen and oxygen atoms in total. The molecule has 25 heavy (non-hydrogen) atoms. The highest BCUT2D eigenvalue weighted by atomic mass is 28.4. The molecule has 0 aromatic heterocycles. The van der Waals surface area contributed by atoms with Gasteiger partial charge in [-0.25, -0.2) is 0 Å². The smallest absolute Gasteiger partial charge is 0.374 e. The predicted octanol–water partition coefficient (Wildman–Crippen LogP) is 3.66. The summed E-state index contributed by atoms with van der Waals surface area (Å²) < 4.78 is 20.8. The molecule has 0 aromatic rings. The number of rotatable bonds is 13. The van der Waals surface area contributed by atoms with Crippen LogP contribution in [0.5, 0.6) is 0 Å².